The van der Waals surface area contributed by atoms with E-state index in [1.54, 1.807) is 0 Å². The van der Waals surface area contributed by atoms with Crippen molar-refractivity contribution in [2.45, 2.75) is 24.2 Å². The SMILES string of the molecule is O=C(CCCc1ccccc1)N1CCN(C(=O)CSc2ccc3c(c2)OCCO3)CC1. The van der Waals surface area contributed by atoms with E-state index in [1.807, 2.05) is 46.2 Å². The number of amides is 2. The van der Waals surface area contributed by atoms with Crippen LogP contribution in [0.15, 0.2) is 53.4 Å². The molecule has 1 saturated heterocycles. The highest BCUT2D eigenvalue weighted by Crippen LogP contribution is 2.34. The lowest BCUT2D eigenvalue weighted by Gasteiger charge is -2.35. The number of piperazine rings is 1. The third-order valence-corrected chi connectivity index (χ3v) is 6.54. The molecule has 6 nitrogen and oxygen atoms in total. The van der Waals surface area contributed by atoms with Crippen LogP contribution in [0.2, 0.25) is 0 Å². The molecule has 4 rings (SSSR count). The summed E-state index contributed by atoms with van der Waals surface area (Å²) in [5.41, 5.74) is 1.27. The fourth-order valence-corrected chi connectivity index (χ4v) is 4.63. The number of nitrogens with zero attached hydrogens (tertiary/aromatic N) is 2. The van der Waals surface area contributed by atoms with Crippen LogP contribution in [0.1, 0.15) is 18.4 Å². The van der Waals surface area contributed by atoms with E-state index < -0.39 is 0 Å². The number of ether oxygens (including phenoxy) is 2. The van der Waals surface area contributed by atoms with Gasteiger partial charge in [-0.05, 0) is 36.6 Å². The second-order valence-corrected chi connectivity index (χ2v) is 8.74. The van der Waals surface area contributed by atoms with Gasteiger partial charge in [0.05, 0.1) is 5.75 Å². The molecule has 0 atom stereocenters. The van der Waals surface area contributed by atoms with Crippen LogP contribution in [0, 0.1) is 0 Å². The summed E-state index contributed by atoms with van der Waals surface area (Å²) in [5.74, 6) is 2.17. The lowest BCUT2D eigenvalue weighted by Crippen LogP contribution is -2.51. The van der Waals surface area contributed by atoms with Crippen LogP contribution in [-0.2, 0) is 16.0 Å². The third kappa shape index (κ3) is 5.94. The predicted octanol–water partition coefficient (Wildman–Crippen LogP) is 3.24. The van der Waals surface area contributed by atoms with Crippen molar-refractivity contribution in [3.05, 3.63) is 54.1 Å². The Bertz CT molecular complexity index is 898. The van der Waals surface area contributed by atoms with Crippen molar-refractivity contribution in [3.63, 3.8) is 0 Å². The number of aryl methyl sites for hydroxylation is 1. The molecule has 1 fully saturated rings. The largest absolute Gasteiger partial charge is 0.486 e. The van der Waals surface area contributed by atoms with Crippen LogP contribution >= 0.6 is 11.8 Å². The average molecular weight is 441 g/mol. The fourth-order valence-electron chi connectivity index (χ4n) is 3.80. The summed E-state index contributed by atoms with van der Waals surface area (Å²) in [7, 11) is 0. The molecule has 0 aromatic heterocycles. The second-order valence-electron chi connectivity index (χ2n) is 7.69. The highest BCUT2D eigenvalue weighted by Gasteiger charge is 2.24. The van der Waals surface area contributed by atoms with Crippen LogP contribution in [0.3, 0.4) is 0 Å². The van der Waals surface area contributed by atoms with Gasteiger partial charge in [0.1, 0.15) is 13.2 Å². The summed E-state index contributed by atoms with van der Waals surface area (Å²) in [6, 6.07) is 16.0. The topological polar surface area (TPSA) is 59.1 Å². The molecule has 2 aliphatic heterocycles. The van der Waals surface area contributed by atoms with E-state index in [-0.39, 0.29) is 11.8 Å². The maximum absolute atomic E-state index is 12.6. The van der Waals surface area contributed by atoms with Gasteiger partial charge in [-0.25, -0.2) is 0 Å². The monoisotopic (exact) mass is 440 g/mol. The molecule has 0 radical (unpaired) electrons. The van der Waals surface area contributed by atoms with Crippen molar-refractivity contribution < 1.29 is 19.1 Å². The first-order valence-electron chi connectivity index (χ1n) is 10.8. The number of carbonyl (C=O) groups excluding carboxylic acids is 2. The zero-order valence-electron chi connectivity index (χ0n) is 17.6. The molecular formula is C24H28N2O4S. The van der Waals surface area contributed by atoms with Crippen LogP contribution < -0.4 is 9.47 Å². The molecular weight excluding hydrogens is 412 g/mol. The number of thioether (sulfide) groups is 1. The first kappa shape index (κ1) is 21.6. The van der Waals surface area contributed by atoms with Crippen LogP contribution in [-0.4, -0.2) is 66.8 Å². The number of carbonyl (C=O) groups is 2. The molecule has 0 N–H and O–H groups in total. The Balaban J connectivity index is 1.17. The fraction of sp³-hybridized carbons (Fsp3) is 0.417. The summed E-state index contributed by atoms with van der Waals surface area (Å²) in [6.45, 7) is 3.56. The summed E-state index contributed by atoms with van der Waals surface area (Å²) >= 11 is 1.50. The lowest BCUT2D eigenvalue weighted by molar-refractivity contribution is -0.138. The molecule has 2 heterocycles. The molecule has 2 amide bonds. The summed E-state index contributed by atoms with van der Waals surface area (Å²) in [5, 5.41) is 0. The van der Waals surface area contributed by atoms with Crippen molar-refractivity contribution in [3.8, 4) is 11.5 Å². The Morgan fingerprint density at radius 2 is 1.52 bits per heavy atom. The van der Waals surface area contributed by atoms with Gasteiger partial charge in [-0.3, -0.25) is 9.59 Å². The van der Waals surface area contributed by atoms with Crippen molar-refractivity contribution in [1.82, 2.24) is 9.80 Å². The number of benzene rings is 2. The zero-order valence-corrected chi connectivity index (χ0v) is 18.4. The molecule has 31 heavy (non-hydrogen) atoms. The first-order chi connectivity index (χ1) is 15.2. The van der Waals surface area contributed by atoms with Gasteiger partial charge in [-0.15, -0.1) is 11.8 Å². The number of rotatable bonds is 7. The Labute approximate surface area is 187 Å². The second kappa shape index (κ2) is 10.6. The number of hydrogen-bond acceptors (Lipinski definition) is 5. The molecule has 2 aromatic carbocycles. The van der Waals surface area contributed by atoms with E-state index >= 15 is 0 Å². The molecule has 0 spiro atoms. The predicted molar refractivity (Wildman–Crippen MR) is 121 cm³/mol. The normalized spacial score (nSPS) is 15.6. The molecule has 0 unspecified atom stereocenters. The van der Waals surface area contributed by atoms with Gasteiger partial charge in [-0.1, -0.05) is 30.3 Å². The smallest absolute Gasteiger partial charge is 0.233 e. The van der Waals surface area contributed by atoms with E-state index in [0.717, 1.165) is 29.2 Å². The standard InChI is InChI=1S/C24H28N2O4S/c27-23(8-4-7-19-5-2-1-3-6-19)25-11-13-26(14-12-25)24(28)18-31-20-9-10-21-22(17-20)30-16-15-29-21/h1-3,5-6,9-10,17H,4,7-8,11-16,18H2. The van der Waals surface area contributed by atoms with Gasteiger partial charge >= 0.3 is 0 Å². The van der Waals surface area contributed by atoms with E-state index in [9.17, 15) is 9.59 Å². The highest BCUT2D eigenvalue weighted by molar-refractivity contribution is 8.00. The molecule has 0 aliphatic carbocycles. The van der Waals surface area contributed by atoms with Gasteiger partial charge in [0.25, 0.3) is 0 Å². The zero-order chi connectivity index (χ0) is 21.5. The Morgan fingerprint density at radius 3 is 2.26 bits per heavy atom. The van der Waals surface area contributed by atoms with Gasteiger partial charge < -0.3 is 19.3 Å². The quantitative estimate of drug-likeness (QED) is 0.619. The van der Waals surface area contributed by atoms with Crippen molar-refractivity contribution in [2.24, 2.45) is 0 Å². The van der Waals surface area contributed by atoms with Crippen LogP contribution in [0.4, 0.5) is 0 Å². The molecule has 7 heteroatoms. The van der Waals surface area contributed by atoms with Crippen molar-refractivity contribution in [2.75, 3.05) is 45.1 Å². The average Bonchev–Trinajstić information content (AvgIpc) is 2.83. The van der Waals surface area contributed by atoms with Gasteiger partial charge in [-0.2, -0.15) is 0 Å². The van der Waals surface area contributed by atoms with Gasteiger partial charge in [0, 0.05) is 37.5 Å². The minimum Gasteiger partial charge on any atom is -0.486 e. The molecule has 2 aliphatic rings. The van der Waals surface area contributed by atoms with Crippen LogP contribution in [0.25, 0.3) is 0 Å². The Morgan fingerprint density at radius 1 is 0.839 bits per heavy atom. The van der Waals surface area contributed by atoms with E-state index in [0.29, 0.717) is 51.6 Å². The molecule has 2 aromatic rings. The van der Waals surface area contributed by atoms with Crippen molar-refractivity contribution in [1.29, 1.82) is 0 Å². The highest BCUT2D eigenvalue weighted by atomic mass is 32.2. The minimum atomic E-state index is 0.107. The third-order valence-electron chi connectivity index (χ3n) is 5.56. The molecule has 0 saturated carbocycles. The summed E-state index contributed by atoms with van der Waals surface area (Å²) < 4.78 is 11.1. The lowest BCUT2D eigenvalue weighted by atomic mass is 10.1. The Hall–Kier alpha value is -2.67. The number of fused-ring (bicyclic) bond motifs is 1. The Kier molecular flexibility index (Phi) is 7.35. The number of hydrogen-bond donors (Lipinski definition) is 0. The van der Waals surface area contributed by atoms with Crippen LogP contribution in [0.5, 0.6) is 11.5 Å². The summed E-state index contributed by atoms with van der Waals surface area (Å²) in [6.07, 6.45) is 2.33. The van der Waals surface area contributed by atoms with Gasteiger partial charge in [0.15, 0.2) is 11.5 Å². The van der Waals surface area contributed by atoms with E-state index in [1.165, 1.54) is 17.3 Å². The molecule has 0 bridgehead atoms. The van der Waals surface area contributed by atoms with E-state index in [4.69, 9.17) is 9.47 Å². The maximum atomic E-state index is 12.6. The maximum Gasteiger partial charge on any atom is 0.233 e. The molecule has 164 valence electrons. The first-order valence-corrected chi connectivity index (χ1v) is 11.8. The summed E-state index contributed by atoms with van der Waals surface area (Å²) in [4.78, 5) is 29.8. The minimum absolute atomic E-state index is 0.107. The van der Waals surface area contributed by atoms with E-state index in [2.05, 4.69) is 12.1 Å². The van der Waals surface area contributed by atoms with Gasteiger partial charge in [0.2, 0.25) is 11.8 Å². The van der Waals surface area contributed by atoms with Crippen molar-refractivity contribution >= 4 is 23.6 Å².